The van der Waals surface area contributed by atoms with Gasteiger partial charge in [0.15, 0.2) is 11.0 Å². The third-order valence-electron chi connectivity index (χ3n) is 2.07. The summed E-state index contributed by atoms with van der Waals surface area (Å²) in [5.41, 5.74) is 0. The number of benzene rings is 1. The Balaban J connectivity index is 2.42. The Morgan fingerprint density at radius 1 is 1.19 bits per heavy atom. The molecule has 0 spiro atoms. The summed E-state index contributed by atoms with van der Waals surface area (Å²) in [6, 6.07) is 7.10. The molecule has 0 aliphatic carbocycles. The van der Waals surface area contributed by atoms with Crippen molar-refractivity contribution >= 4 is 28.2 Å². The molecule has 0 unspecified atom stereocenters. The predicted molar refractivity (Wildman–Crippen MR) is 59.0 cm³/mol. The number of alkyl halides is 2. The molecule has 3 nitrogen and oxygen atoms in total. The molecule has 1 N–H and O–H groups in total. The van der Waals surface area contributed by atoms with Crippen LogP contribution in [0.3, 0.4) is 0 Å². The van der Waals surface area contributed by atoms with Gasteiger partial charge in [0.05, 0.1) is 6.54 Å². The van der Waals surface area contributed by atoms with E-state index in [1.54, 1.807) is 24.3 Å². The van der Waals surface area contributed by atoms with Crippen molar-refractivity contribution in [3.05, 3.63) is 29.4 Å². The summed E-state index contributed by atoms with van der Waals surface area (Å²) in [5.74, 6) is 0.320. The normalized spacial score (nSPS) is 11.0. The number of aromatic nitrogens is 2. The molecule has 0 aliphatic heterocycles. The van der Waals surface area contributed by atoms with Crippen LogP contribution in [0.4, 0.5) is 14.6 Å². The minimum Gasteiger partial charge on any atom is -0.362 e. The minimum atomic E-state index is -2.43. The fourth-order valence-electron chi connectivity index (χ4n) is 1.38. The number of nitrogens with one attached hydrogen (secondary N) is 1. The molecule has 0 saturated heterocycles. The summed E-state index contributed by atoms with van der Waals surface area (Å²) in [7, 11) is 0. The summed E-state index contributed by atoms with van der Waals surface area (Å²) in [6.45, 7) is -0.458. The van der Waals surface area contributed by atoms with Crippen molar-refractivity contribution in [1.82, 2.24) is 10.2 Å². The topological polar surface area (TPSA) is 37.8 Å². The lowest BCUT2D eigenvalue weighted by atomic mass is 10.2. The van der Waals surface area contributed by atoms with Crippen LogP contribution in [0.1, 0.15) is 0 Å². The number of halogens is 3. The fourth-order valence-corrected chi connectivity index (χ4v) is 1.58. The Morgan fingerprint density at radius 2 is 1.88 bits per heavy atom. The second-order valence-corrected chi connectivity index (χ2v) is 3.51. The monoisotopic (exact) mass is 243 g/mol. The zero-order chi connectivity index (χ0) is 11.5. The van der Waals surface area contributed by atoms with Crippen LogP contribution < -0.4 is 5.32 Å². The van der Waals surface area contributed by atoms with Crippen molar-refractivity contribution in [2.24, 2.45) is 0 Å². The standard InChI is InChI=1S/C10H8ClF2N3/c11-9-6-3-1-2-4-7(6)10(16-15-9)14-5-8(12)13/h1-4,8H,5H2,(H,14,16). The Bertz CT molecular complexity index is 504. The van der Waals surface area contributed by atoms with Crippen molar-refractivity contribution in [2.75, 3.05) is 11.9 Å². The highest BCUT2D eigenvalue weighted by Gasteiger charge is 2.08. The van der Waals surface area contributed by atoms with E-state index in [1.807, 2.05) is 0 Å². The highest BCUT2D eigenvalue weighted by Crippen LogP contribution is 2.25. The largest absolute Gasteiger partial charge is 0.362 e. The zero-order valence-corrected chi connectivity index (χ0v) is 8.88. The van der Waals surface area contributed by atoms with Crippen LogP contribution in [-0.4, -0.2) is 23.2 Å². The molecule has 0 aliphatic rings. The van der Waals surface area contributed by atoms with E-state index in [0.717, 1.165) is 0 Å². The third-order valence-corrected chi connectivity index (χ3v) is 2.35. The van der Waals surface area contributed by atoms with Crippen LogP contribution in [0, 0.1) is 0 Å². The van der Waals surface area contributed by atoms with Crippen LogP contribution >= 0.6 is 11.6 Å². The van der Waals surface area contributed by atoms with Gasteiger partial charge in [0, 0.05) is 10.8 Å². The van der Waals surface area contributed by atoms with E-state index in [-0.39, 0.29) is 5.15 Å². The first-order chi connectivity index (χ1) is 7.68. The van der Waals surface area contributed by atoms with Gasteiger partial charge >= 0.3 is 0 Å². The summed E-state index contributed by atoms with van der Waals surface area (Å²) in [6.07, 6.45) is -2.43. The van der Waals surface area contributed by atoms with Gasteiger partial charge in [-0.25, -0.2) is 8.78 Å². The van der Waals surface area contributed by atoms with Crippen LogP contribution in [0.15, 0.2) is 24.3 Å². The van der Waals surface area contributed by atoms with Crippen molar-refractivity contribution in [2.45, 2.75) is 6.43 Å². The Kier molecular flexibility index (Phi) is 3.14. The Hall–Kier alpha value is -1.49. The maximum atomic E-state index is 12.1. The quantitative estimate of drug-likeness (QED) is 0.901. The summed E-state index contributed by atoms with van der Waals surface area (Å²) in [4.78, 5) is 0. The minimum absolute atomic E-state index is 0.262. The highest BCUT2D eigenvalue weighted by atomic mass is 35.5. The molecule has 6 heteroatoms. The van der Waals surface area contributed by atoms with Crippen LogP contribution in [0.2, 0.25) is 5.15 Å². The summed E-state index contributed by atoms with van der Waals surface area (Å²) in [5, 5.41) is 11.6. The van der Waals surface area contributed by atoms with Gasteiger partial charge in [-0.2, -0.15) is 0 Å². The Labute approximate surface area is 95.4 Å². The maximum Gasteiger partial charge on any atom is 0.255 e. The van der Waals surface area contributed by atoms with Crippen LogP contribution in [0.25, 0.3) is 10.8 Å². The molecule has 0 saturated carbocycles. The number of hydrogen-bond donors (Lipinski definition) is 1. The molecule has 0 radical (unpaired) electrons. The number of rotatable bonds is 3. The van der Waals surface area contributed by atoms with Crippen molar-refractivity contribution in [3.8, 4) is 0 Å². The molecule has 2 rings (SSSR count). The van der Waals surface area contributed by atoms with Crippen molar-refractivity contribution < 1.29 is 8.78 Å². The van der Waals surface area contributed by atoms with Gasteiger partial charge in [0.2, 0.25) is 0 Å². The molecule has 1 aromatic heterocycles. The van der Waals surface area contributed by atoms with Gasteiger partial charge in [-0.3, -0.25) is 0 Å². The summed E-state index contributed by atoms with van der Waals surface area (Å²) < 4.78 is 24.1. The Morgan fingerprint density at radius 3 is 2.56 bits per heavy atom. The second-order valence-electron chi connectivity index (χ2n) is 3.16. The molecule has 1 aromatic carbocycles. The van der Waals surface area contributed by atoms with Gasteiger partial charge in [-0.1, -0.05) is 35.9 Å². The zero-order valence-electron chi connectivity index (χ0n) is 8.12. The van der Waals surface area contributed by atoms with Gasteiger partial charge in [0.25, 0.3) is 6.43 Å². The van der Waals surface area contributed by atoms with Gasteiger partial charge in [-0.15, -0.1) is 10.2 Å². The van der Waals surface area contributed by atoms with Crippen LogP contribution in [0.5, 0.6) is 0 Å². The van der Waals surface area contributed by atoms with E-state index in [4.69, 9.17) is 11.6 Å². The van der Waals surface area contributed by atoms with E-state index in [0.29, 0.717) is 16.6 Å². The average Bonchev–Trinajstić information content (AvgIpc) is 2.28. The lowest BCUT2D eigenvalue weighted by molar-refractivity contribution is 0.163. The fraction of sp³-hybridized carbons (Fsp3) is 0.200. The van der Waals surface area contributed by atoms with Gasteiger partial charge in [0.1, 0.15) is 0 Å². The predicted octanol–water partition coefficient (Wildman–Crippen LogP) is 2.96. The maximum absolute atomic E-state index is 12.1. The molecule has 1 heterocycles. The van der Waals surface area contributed by atoms with E-state index >= 15 is 0 Å². The first-order valence-corrected chi connectivity index (χ1v) is 4.99. The van der Waals surface area contributed by atoms with Crippen LogP contribution in [-0.2, 0) is 0 Å². The lowest BCUT2D eigenvalue weighted by Gasteiger charge is -2.07. The second kappa shape index (κ2) is 4.57. The average molecular weight is 244 g/mol. The highest BCUT2D eigenvalue weighted by molar-refractivity contribution is 6.34. The number of hydrogen-bond acceptors (Lipinski definition) is 3. The molecule has 0 atom stereocenters. The first kappa shape index (κ1) is 11.0. The molecule has 16 heavy (non-hydrogen) atoms. The molecule has 0 bridgehead atoms. The first-order valence-electron chi connectivity index (χ1n) is 4.61. The van der Waals surface area contributed by atoms with E-state index in [9.17, 15) is 8.78 Å². The molecular weight excluding hydrogens is 236 g/mol. The molecule has 84 valence electrons. The SMILES string of the molecule is FC(F)CNc1nnc(Cl)c2ccccc12. The molecule has 0 amide bonds. The summed E-state index contributed by atoms with van der Waals surface area (Å²) >= 11 is 5.84. The molecule has 0 fully saturated rings. The van der Waals surface area contributed by atoms with Gasteiger partial charge in [-0.05, 0) is 0 Å². The van der Waals surface area contributed by atoms with E-state index in [2.05, 4.69) is 15.5 Å². The van der Waals surface area contributed by atoms with Gasteiger partial charge < -0.3 is 5.32 Å². The third kappa shape index (κ3) is 2.19. The number of nitrogens with zero attached hydrogens (tertiary/aromatic N) is 2. The van der Waals surface area contributed by atoms with Crippen molar-refractivity contribution in [1.29, 1.82) is 0 Å². The molecule has 2 aromatic rings. The number of fused-ring (bicyclic) bond motifs is 1. The lowest BCUT2D eigenvalue weighted by Crippen LogP contribution is -2.12. The van der Waals surface area contributed by atoms with E-state index in [1.165, 1.54) is 0 Å². The smallest absolute Gasteiger partial charge is 0.255 e. The number of anilines is 1. The van der Waals surface area contributed by atoms with E-state index < -0.39 is 13.0 Å². The van der Waals surface area contributed by atoms with Crippen molar-refractivity contribution in [3.63, 3.8) is 0 Å². The molecular formula is C10H8ClF2N3.